The number of halogens is 1. The molecule has 0 unspecified atom stereocenters. The Balaban J connectivity index is 1.80. The van der Waals surface area contributed by atoms with Crippen molar-refractivity contribution in [3.05, 3.63) is 71.9 Å². The van der Waals surface area contributed by atoms with Crippen LogP contribution in [0.15, 0.2) is 59.1 Å². The summed E-state index contributed by atoms with van der Waals surface area (Å²) >= 11 is 0. The normalized spacial score (nSPS) is 12.3. The van der Waals surface area contributed by atoms with Gasteiger partial charge in [-0.2, -0.15) is 4.98 Å². The lowest BCUT2D eigenvalue weighted by molar-refractivity contribution is 0.354. The zero-order valence-corrected chi connectivity index (χ0v) is 11.2. The molecule has 1 heterocycles. The molecule has 0 aliphatic heterocycles. The van der Waals surface area contributed by atoms with Gasteiger partial charge in [0.05, 0.1) is 11.6 Å². The summed E-state index contributed by atoms with van der Waals surface area (Å²) in [4.78, 5) is 4.19. The molecular weight excluding hydrogens is 269 g/mol. The number of nitrogens with zero attached hydrogens (tertiary/aromatic N) is 2. The fourth-order valence-corrected chi connectivity index (χ4v) is 2.09. The van der Waals surface area contributed by atoms with Crippen LogP contribution < -0.4 is 5.73 Å². The lowest BCUT2D eigenvalue weighted by atomic mass is 10.1. The second-order valence-electron chi connectivity index (χ2n) is 4.73. The van der Waals surface area contributed by atoms with Gasteiger partial charge < -0.3 is 10.3 Å². The van der Waals surface area contributed by atoms with E-state index in [2.05, 4.69) is 10.1 Å². The Kier molecular flexibility index (Phi) is 3.75. The SMILES string of the molecule is N[C@@H](Cc1ccccc1)c1nc(-c2ccccc2F)no1. The molecule has 0 saturated heterocycles. The predicted octanol–water partition coefficient (Wildman–Crippen LogP) is 3.12. The lowest BCUT2D eigenvalue weighted by Crippen LogP contribution is -2.13. The number of benzene rings is 2. The maximum Gasteiger partial charge on any atom is 0.244 e. The first-order valence-corrected chi connectivity index (χ1v) is 6.62. The molecule has 0 aliphatic carbocycles. The predicted molar refractivity (Wildman–Crippen MR) is 76.8 cm³/mol. The van der Waals surface area contributed by atoms with Gasteiger partial charge in [0, 0.05) is 0 Å². The Morgan fingerprint density at radius 1 is 1.05 bits per heavy atom. The van der Waals surface area contributed by atoms with Crippen LogP contribution in [-0.2, 0) is 6.42 Å². The number of nitrogens with two attached hydrogens (primary N) is 1. The van der Waals surface area contributed by atoms with Crippen LogP contribution in [0.1, 0.15) is 17.5 Å². The van der Waals surface area contributed by atoms with Gasteiger partial charge in [-0.1, -0.05) is 47.6 Å². The summed E-state index contributed by atoms with van der Waals surface area (Å²) in [5.74, 6) is 0.130. The Labute approximate surface area is 121 Å². The van der Waals surface area contributed by atoms with Crippen molar-refractivity contribution in [2.45, 2.75) is 12.5 Å². The van der Waals surface area contributed by atoms with E-state index in [1.807, 2.05) is 30.3 Å². The number of aromatic nitrogens is 2. The number of hydrogen-bond donors (Lipinski definition) is 1. The van der Waals surface area contributed by atoms with Crippen molar-refractivity contribution < 1.29 is 8.91 Å². The van der Waals surface area contributed by atoms with Crippen LogP contribution >= 0.6 is 0 Å². The molecule has 0 amide bonds. The minimum Gasteiger partial charge on any atom is -0.337 e. The second kappa shape index (κ2) is 5.85. The van der Waals surface area contributed by atoms with Crippen molar-refractivity contribution in [3.63, 3.8) is 0 Å². The summed E-state index contributed by atoms with van der Waals surface area (Å²) in [6.45, 7) is 0. The van der Waals surface area contributed by atoms with Crippen molar-refractivity contribution in [1.82, 2.24) is 10.1 Å². The zero-order chi connectivity index (χ0) is 14.7. The molecule has 0 spiro atoms. The monoisotopic (exact) mass is 283 g/mol. The quantitative estimate of drug-likeness (QED) is 0.799. The van der Waals surface area contributed by atoms with Crippen LogP contribution in [0.3, 0.4) is 0 Å². The van der Waals surface area contributed by atoms with Crippen LogP contribution in [0.5, 0.6) is 0 Å². The van der Waals surface area contributed by atoms with E-state index in [0.29, 0.717) is 17.9 Å². The average molecular weight is 283 g/mol. The maximum absolute atomic E-state index is 13.7. The molecule has 0 saturated carbocycles. The standard InChI is InChI=1S/C16H14FN3O/c17-13-9-5-4-8-12(13)15-19-16(21-20-15)14(18)10-11-6-2-1-3-7-11/h1-9,14H,10,18H2/t14-/m0/s1. The van der Waals surface area contributed by atoms with Gasteiger partial charge >= 0.3 is 0 Å². The molecule has 4 nitrogen and oxygen atoms in total. The van der Waals surface area contributed by atoms with Gasteiger partial charge in [0.2, 0.25) is 11.7 Å². The molecule has 5 heteroatoms. The summed E-state index contributed by atoms with van der Waals surface area (Å²) in [6, 6.07) is 15.7. The minimum atomic E-state index is -0.416. The highest BCUT2D eigenvalue weighted by atomic mass is 19.1. The number of hydrogen-bond acceptors (Lipinski definition) is 4. The van der Waals surface area contributed by atoms with E-state index in [0.717, 1.165) is 5.56 Å². The molecule has 3 rings (SSSR count). The Bertz CT molecular complexity index is 727. The van der Waals surface area contributed by atoms with E-state index < -0.39 is 6.04 Å². The van der Waals surface area contributed by atoms with Crippen molar-refractivity contribution >= 4 is 0 Å². The van der Waals surface area contributed by atoms with Crippen LogP contribution in [0, 0.1) is 5.82 Å². The highest BCUT2D eigenvalue weighted by Gasteiger charge is 2.17. The summed E-state index contributed by atoms with van der Waals surface area (Å²) in [6.07, 6.45) is 0.583. The molecular formula is C16H14FN3O. The van der Waals surface area contributed by atoms with Crippen LogP contribution in [0.2, 0.25) is 0 Å². The number of rotatable bonds is 4. The molecule has 0 radical (unpaired) electrons. The van der Waals surface area contributed by atoms with E-state index in [9.17, 15) is 4.39 Å². The van der Waals surface area contributed by atoms with E-state index in [1.54, 1.807) is 18.2 Å². The van der Waals surface area contributed by atoms with E-state index in [-0.39, 0.29) is 11.6 Å². The Hall–Kier alpha value is -2.53. The third kappa shape index (κ3) is 2.98. The molecule has 0 fully saturated rings. The van der Waals surface area contributed by atoms with Gasteiger partial charge in [-0.25, -0.2) is 4.39 Å². The Morgan fingerprint density at radius 2 is 1.76 bits per heavy atom. The van der Waals surface area contributed by atoms with Gasteiger partial charge in [0.25, 0.3) is 0 Å². The van der Waals surface area contributed by atoms with Gasteiger partial charge in [0.15, 0.2) is 0 Å². The van der Waals surface area contributed by atoms with Gasteiger partial charge in [0.1, 0.15) is 5.82 Å². The molecule has 0 bridgehead atoms. The zero-order valence-electron chi connectivity index (χ0n) is 11.2. The van der Waals surface area contributed by atoms with E-state index in [4.69, 9.17) is 10.3 Å². The molecule has 1 atom stereocenters. The van der Waals surface area contributed by atoms with E-state index >= 15 is 0 Å². The average Bonchev–Trinajstić information content (AvgIpc) is 2.98. The van der Waals surface area contributed by atoms with Gasteiger partial charge in [-0.15, -0.1) is 0 Å². The van der Waals surface area contributed by atoms with Crippen LogP contribution in [0.25, 0.3) is 11.4 Å². The Morgan fingerprint density at radius 3 is 2.52 bits per heavy atom. The maximum atomic E-state index is 13.7. The van der Waals surface area contributed by atoms with Crippen LogP contribution in [0.4, 0.5) is 4.39 Å². The first kappa shape index (κ1) is 13.5. The summed E-state index contributed by atoms with van der Waals surface area (Å²) in [7, 11) is 0. The van der Waals surface area contributed by atoms with Gasteiger partial charge in [-0.05, 0) is 24.1 Å². The highest BCUT2D eigenvalue weighted by molar-refractivity contribution is 5.54. The van der Waals surface area contributed by atoms with Crippen molar-refractivity contribution in [1.29, 1.82) is 0 Å². The molecule has 1 aromatic heterocycles. The molecule has 106 valence electrons. The third-order valence-electron chi connectivity index (χ3n) is 3.17. The molecule has 2 aromatic carbocycles. The van der Waals surface area contributed by atoms with Gasteiger partial charge in [-0.3, -0.25) is 0 Å². The molecule has 0 aliphatic rings. The summed E-state index contributed by atoms with van der Waals surface area (Å²) in [5, 5.41) is 3.80. The molecule has 2 N–H and O–H groups in total. The fourth-order valence-electron chi connectivity index (χ4n) is 2.09. The molecule has 3 aromatic rings. The summed E-state index contributed by atoms with van der Waals surface area (Å²) < 4.78 is 18.8. The largest absolute Gasteiger partial charge is 0.337 e. The first-order valence-electron chi connectivity index (χ1n) is 6.62. The topological polar surface area (TPSA) is 64.9 Å². The van der Waals surface area contributed by atoms with Crippen molar-refractivity contribution in [2.24, 2.45) is 5.73 Å². The van der Waals surface area contributed by atoms with E-state index in [1.165, 1.54) is 6.07 Å². The lowest BCUT2D eigenvalue weighted by Gasteiger charge is -2.05. The smallest absolute Gasteiger partial charge is 0.244 e. The second-order valence-corrected chi connectivity index (χ2v) is 4.73. The third-order valence-corrected chi connectivity index (χ3v) is 3.17. The highest BCUT2D eigenvalue weighted by Crippen LogP contribution is 2.22. The van der Waals surface area contributed by atoms with Crippen LogP contribution in [-0.4, -0.2) is 10.1 Å². The molecule has 21 heavy (non-hydrogen) atoms. The summed E-state index contributed by atoms with van der Waals surface area (Å²) in [5.41, 5.74) is 7.45. The van der Waals surface area contributed by atoms with Crippen molar-refractivity contribution in [2.75, 3.05) is 0 Å². The van der Waals surface area contributed by atoms with Crippen molar-refractivity contribution in [3.8, 4) is 11.4 Å². The minimum absolute atomic E-state index is 0.214. The fraction of sp³-hybridized carbons (Fsp3) is 0.125. The first-order chi connectivity index (χ1) is 10.2.